The molecule has 0 aliphatic heterocycles. The molecule has 0 saturated heterocycles. The molecule has 3 aromatic rings. The Morgan fingerprint density at radius 1 is 1.07 bits per heavy atom. The molecule has 1 aromatic heterocycles. The van der Waals surface area contributed by atoms with E-state index in [-0.39, 0.29) is 16.8 Å². The average molecular weight is 427 g/mol. The second kappa shape index (κ2) is 9.69. The lowest BCUT2D eigenvalue weighted by Crippen LogP contribution is -2.32. The number of carbonyl (C=O) groups is 1. The maximum absolute atomic E-state index is 12.5. The van der Waals surface area contributed by atoms with E-state index in [1.165, 1.54) is 24.3 Å². The van der Waals surface area contributed by atoms with Gasteiger partial charge in [-0.3, -0.25) is 9.48 Å². The van der Waals surface area contributed by atoms with E-state index in [9.17, 15) is 13.2 Å². The van der Waals surface area contributed by atoms with Gasteiger partial charge in [0.15, 0.2) is 0 Å². The van der Waals surface area contributed by atoms with Crippen LogP contribution in [-0.4, -0.2) is 30.1 Å². The van der Waals surface area contributed by atoms with Gasteiger partial charge < -0.3 is 5.32 Å². The number of amides is 1. The van der Waals surface area contributed by atoms with Crippen molar-refractivity contribution in [1.29, 1.82) is 0 Å². The van der Waals surface area contributed by atoms with Crippen LogP contribution in [0.1, 0.15) is 41.8 Å². The van der Waals surface area contributed by atoms with Crippen molar-refractivity contribution in [1.82, 2.24) is 19.8 Å². The monoisotopic (exact) mass is 426 g/mol. The molecule has 1 unspecified atom stereocenters. The molecule has 0 saturated carbocycles. The smallest absolute Gasteiger partial charge is 0.251 e. The van der Waals surface area contributed by atoms with Crippen molar-refractivity contribution in [2.24, 2.45) is 0 Å². The highest BCUT2D eigenvalue weighted by Crippen LogP contribution is 2.13. The summed E-state index contributed by atoms with van der Waals surface area (Å²) in [4.78, 5) is 12.7. The van der Waals surface area contributed by atoms with E-state index in [1.54, 1.807) is 6.20 Å². The van der Waals surface area contributed by atoms with Crippen LogP contribution in [0.15, 0.2) is 71.9 Å². The van der Waals surface area contributed by atoms with E-state index in [1.807, 2.05) is 55.1 Å². The number of rotatable bonds is 9. The Kier molecular flexibility index (Phi) is 7.02. The molecule has 2 N–H and O–H groups in total. The summed E-state index contributed by atoms with van der Waals surface area (Å²) in [6, 6.07) is 15.5. The largest absolute Gasteiger partial charge is 0.348 e. The lowest BCUT2D eigenvalue weighted by molar-refractivity contribution is 0.0950. The fraction of sp³-hybridized carbons (Fsp3) is 0.273. The molecule has 0 fully saturated rings. The Hall–Kier alpha value is -2.97. The standard InChI is InChI=1S/C22H26N4O3S/c1-3-17(2)25-30(28,29)21-11-9-18(10-12-21)22(27)23-15-19-7-4-5-8-20(19)16-26-14-6-13-24-26/h4-14,17,25H,3,15-16H2,1-2H3,(H,23,27). The highest BCUT2D eigenvalue weighted by Gasteiger charge is 2.17. The topological polar surface area (TPSA) is 93.1 Å². The number of hydrogen-bond donors (Lipinski definition) is 2. The van der Waals surface area contributed by atoms with E-state index in [2.05, 4.69) is 15.1 Å². The van der Waals surface area contributed by atoms with Crippen molar-refractivity contribution in [3.63, 3.8) is 0 Å². The first-order chi connectivity index (χ1) is 14.4. The summed E-state index contributed by atoms with van der Waals surface area (Å²) in [5.74, 6) is -0.261. The fourth-order valence-electron chi connectivity index (χ4n) is 2.93. The third-order valence-electron chi connectivity index (χ3n) is 4.84. The molecular weight excluding hydrogens is 400 g/mol. The van der Waals surface area contributed by atoms with Gasteiger partial charge >= 0.3 is 0 Å². The average Bonchev–Trinajstić information content (AvgIpc) is 3.25. The van der Waals surface area contributed by atoms with Crippen LogP contribution in [-0.2, 0) is 23.1 Å². The van der Waals surface area contributed by atoms with Crippen LogP contribution in [0.2, 0.25) is 0 Å². The lowest BCUT2D eigenvalue weighted by atomic mass is 10.1. The molecule has 1 heterocycles. The predicted octanol–water partition coefficient (Wildman–Crippen LogP) is 2.94. The van der Waals surface area contributed by atoms with Crippen LogP contribution in [0, 0.1) is 0 Å². The van der Waals surface area contributed by atoms with E-state index in [0.717, 1.165) is 11.1 Å². The second-order valence-corrected chi connectivity index (χ2v) is 8.82. The van der Waals surface area contributed by atoms with Crippen LogP contribution < -0.4 is 10.0 Å². The third-order valence-corrected chi connectivity index (χ3v) is 6.45. The number of benzene rings is 2. The van der Waals surface area contributed by atoms with Crippen LogP contribution in [0.5, 0.6) is 0 Å². The number of aromatic nitrogens is 2. The summed E-state index contributed by atoms with van der Waals surface area (Å²) < 4.78 is 29.1. The fourth-order valence-corrected chi connectivity index (χ4v) is 4.26. The first-order valence-electron chi connectivity index (χ1n) is 9.84. The van der Waals surface area contributed by atoms with Gasteiger partial charge in [0.1, 0.15) is 0 Å². The number of nitrogens with zero attached hydrogens (tertiary/aromatic N) is 2. The minimum Gasteiger partial charge on any atom is -0.348 e. The van der Waals surface area contributed by atoms with Gasteiger partial charge in [-0.1, -0.05) is 31.2 Å². The van der Waals surface area contributed by atoms with Crippen LogP contribution in [0.25, 0.3) is 0 Å². The second-order valence-electron chi connectivity index (χ2n) is 7.11. The zero-order chi connectivity index (χ0) is 21.6. The van der Waals surface area contributed by atoms with E-state index >= 15 is 0 Å². The molecule has 3 rings (SSSR count). The summed E-state index contributed by atoms with van der Waals surface area (Å²) in [7, 11) is -3.59. The van der Waals surface area contributed by atoms with Gasteiger partial charge in [-0.15, -0.1) is 0 Å². The molecule has 30 heavy (non-hydrogen) atoms. The molecular formula is C22H26N4O3S. The molecule has 0 bridgehead atoms. The van der Waals surface area contributed by atoms with Gasteiger partial charge in [0.25, 0.3) is 5.91 Å². The predicted molar refractivity (Wildman–Crippen MR) is 115 cm³/mol. The molecule has 0 spiro atoms. The maximum atomic E-state index is 12.5. The molecule has 7 nitrogen and oxygen atoms in total. The molecule has 1 amide bonds. The van der Waals surface area contributed by atoms with E-state index in [4.69, 9.17) is 0 Å². The lowest BCUT2D eigenvalue weighted by Gasteiger charge is -2.13. The summed E-state index contributed by atoms with van der Waals surface area (Å²) in [6.45, 7) is 4.71. The van der Waals surface area contributed by atoms with Gasteiger partial charge in [-0.2, -0.15) is 5.10 Å². The van der Waals surface area contributed by atoms with Gasteiger partial charge in [-0.05, 0) is 54.8 Å². The Bertz CT molecular complexity index is 1080. The van der Waals surface area contributed by atoms with Crippen molar-refractivity contribution < 1.29 is 13.2 Å². The van der Waals surface area contributed by atoms with Crippen molar-refractivity contribution in [3.05, 3.63) is 83.7 Å². The van der Waals surface area contributed by atoms with Gasteiger partial charge in [0, 0.05) is 30.5 Å². The third kappa shape index (κ3) is 5.55. The van der Waals surface area contributed by atoms with Gasteiger partial charge in [0.2, 0.25) is 10.0 Å². The normalized spacial score (nSPS) is 12.5. The molecule has 2 aromatic carbocycles. The maximum Gasteiger partial charge on any atom is 0.251 e. The first-order valence-corrected chi connectivity index (χ1v) is 11.3. The summed E-state index contributed by atoms with van der Waals surface area (Å²) in [5, 5.41) is 7.12. The van der Waals surface area contributed by atoms with Crippen LogP contribution >= 0.6 is 0 Å². The molecule has 0 aliphatic carbocycles. The van der Waals surface area contributed by atoms with Crippen LogP contribution in [0.3, 0.4) is 0 Å². The van der Waals surface area contributed by atoms with Crippen molar-refractivity contribution in [3.8, 4) is 0 Å². The van der Waals surface area contributed by atoms with Crippen LogP contribution in [0.4, 0.5) is 0 Å². The molecule has 8 heteroatoms. The quantitative estimate of drug-likeness (QED) is 0.550. The zero-order valence-corrected chi connectivity index (χ0v) is 17.9. The van der Waals surface area contributed by atoms with Gasteiger partial charge in [-0.25, -0.2) is 13.1 Å². The number of carbonyl (C=O) groups excluding carboxylic acids is 1. The highest BCUT2D eigenvalue weighted by molar-refractivity contribution is 7.89. The van der Waals surface area contributed by atoms with E-state index in [0.29, 0.717) is 25.1 Å². The van der Waals surface area contributed by atoms with Crippen molar-refractivity contribution in [2.75, 3.05) is 0 Å². The minimum atomic E-state index is -3.59. The SMILES string of the molecule is CCC(C)NS(=O)(=O)c1ccc(C(=O)NCc2ccccc2Cn2cccn2)cc1. The molecule has 0 radical (unpaired) electrons. The molecule has 0 aliphatic rings. The number of hydrogen-bond acceptors (Lipinski definition) is 4. The van der Waals surface area contributed by atoms with Crippen molar-refractivity contribution in [2.45, 2.75) is 44.3 Å². The van der Waals surface area contributed by atoms with Crippen molar-refractivity contribution >= 4 is 15.9 Å². The Labute approximate surface area is 177 Å². The van der Waals surface area contributed by atoms with Gasteiger partial charge in [0.05, 0.1) is 11.4 Å². The molecule has 158 valence electrons. The Morgan fingerprint density at radius 3 is 2.40 bits per heavy atom. The van der Waals surface area contributed by atoms with E-state index < -0.39 is 10.0 Å². The minimum absolute atomic E-state index is 0.143. The highest BCUT2D eigenvalue weighted by atomic mass is 32.2. The molecule has 1 atom stereocenters. The first kappa shape index (κ1) is 21.7. The Morgan fingerprint density at radius 2 is 1.77 bits per heavy atom. The number of sulfonamides is 1. The Balaban J connectivity index is 1.65. The number of nitrogens with one attached hydrogen (secondary N) is 2. The zero-order valence-electron chi connectivity index (χ0n) is 17.1. The summed E-state index contributed by atoms with van der Waals surface area (Å²) >= 11 is 0. The summed E-state index contributed by atoms with van der Waals surface area (Å²) in [5.41, 5.74) is 2.47. The summed E-state index contributed by atoms with van der Waals surface area (Å²) in [6.07, 6.45) is 4.31.